The van der Waals surface area contributed by atoms with Gasteiger partial charge in [0.1, 0.15) is 0 Å². The molecule has 0 radical (unpaired) electrons. The normalized spacial score (nSPS) is 29.8. The zero-order chi connectivity index (χ0) is 14.7. The summed E-state index contributed by atoms with van der Waals surface area (Å²) < 4.78 is 0. The topological polar surface area (TPSA) is 58.4 Å². The lowest BCUT2D eigenvalue weighted by molar-refractivity contribution is -0.124. The molecule has 3 aliphatic rings. The van der Waals surface area contributed by atoms with Crippen LogP contribution in [0.3, 0.4) is 0 Å². The lowest BCUT2D eigenvalue weighted by atomic mass is 9.71. The monoisotopic (exact) mass is 365 g/mol. The molecule has 2 unspecified atom stereocenters. The molecule has 0 aromatic rings. The molecule has 1 aliphatic carbocycles. The Morgan fingerprint density at radius 3 is 2.48 bits per heavy atom. The van der Waals surface area contributed by atoms with Gasteiger partial charge in [0.05, 0.1) is 0 Å². The van der Waals surface area contributed by atoms with Gasteiger partial charge in [-0.05, 0) is 50.6 Å². The summed E-state index contributed by atoms with van der Waals surface area (Å²) in [7, 11) is 0. The molecule has 2 aliphatic heterocycles. The van der Waals surface area contributed by atoms with Crippen molar-refractivity contribution in [2.75, 3.05) is 19.6 Å². The first-order valence-corrected chi connectivity index (χ1v) is 8.96. The van der Waals surface area contributed by atoms with Crippen LogP contribution in [-0.2, 0) is 4.79 Å². The molecule has 1 saturated carbocycles. The maximum atomic E-state index is 12.5. The Balaban J connectivity index is 0.00000132. The van der Waals surface area contributed by atoms with Crippen LogP contribution in [-0.4, -0.2) is 42.5 Å². The number of nitrogens with two attached hydrogens (primary N) is 1. The molecule has 3 N–H and O–H groups in total. The fourth-order valence-electron chi connectivity index (χ4n) is 4.77. The first kappa shape index (κ1) is 21.0. The first-order chi connectivity index (χ1) is 10.2. The van der Waals surface area contributed by atoms with Gasteiger partial charge in [0, 0.05) is 25.0 Å². The van der Waals surface area contributed by atoms with Gasteiger partial charge in [-0.25, -0.2) is 0 Å². The van der Waals surface area contributed by atoms with Crippen molar-refractivity contribution < 1.29 is 4.79 Å². The zero-order valence-electron chi connectivity index (χ0n) is 14.1. The summed E-state index contributed by atoms with van der Waals surface area (Å²) in [6, 6.07) is 0.985. The molecule has 2 atom stereocenters. The molecular weight excluding hydrogens is 333 g/mol. The number of nitrogens with zero attached hydrogens (tertiary/aromatic N) is 1. The van der Waals surface area contributed by atoms with Gasteiger partial charge in [0.25, 0.3) is 0 Å². The van der Waals surface area contributed by atoms with Crippen molar-refractivity contribution in [3.05, 3.63) is 0 Å². The van der Waals surface area contributed by atoms with E-state index in [1.165, 1.54) is 45.1 Å². The summed E-state index contributed by atoms with van der Waals surface area (Å²) in [6.45, 7) is 3.06. The van der Waals surface area contributed by atoms with E-state index in [0.717, 1.165) is 25.8 Å². The molecule has 2 heterocycles. The number of carbonyl (C=O) groups is 1. The predicted octanol–water partition coefficient (Wildman–Crippen LogP) is 2.87. The highest BCUT2D eigenvalue weighted by Crippen LogP contribution is 2.38. The Hall–Kier alpha value is -0.0300. The second-order valence-corrected chi connectivity index (χ2v) is 7.50. The van der Waals surface area contributed by atoms with Crippen LogP contribution in [0.1, 0.15) is 64.2 Å². The highest BCUT2D eigenvalue weighted by molar-refractivity contribution is 5.85. The number of hydrogen-bond acceptors (Lipinski definition) is 3. The molecule has 0 aromatic carbocycles. The van der Waals surface area contributed by atoms with Gasteiger partial charge in [-0.1, -0.05) is 25.7 Å². The Morgan fingerprint density at radius 1 is 1.04 bits per heavy atom. The molecular formula is C17H33Cl2N3O. The Bertz CT molecular complexity index is 375. The van der Waals surface area contributed by atoms with E-state index in [1.54, 1.807) is 0 Å². The molecule has 2 saturated heterocycles. The minimum absolute atomic E-state index is 0. The molecule has 0 aromatic heterocycles. The van der Waals surface area contributed by atoms with E-state index in [-0.39, 0.29) is 36.1 Å². The summed E-state index contributed by atoms with van der Waals surface area (Å²) in [5.74, 6) is 0.250. The standard InChI is InChI=1S/C17H31N3O.2ClH/c18-13-17(8-3-1-4-9-17)12-16(21)19-14-7-11-20-10-5-2-6-15(14)20;;/h14-15H,1-13,18H2,(H,19,21);2*1H. The third-order valence-electron chi connectivity index (χ3n) is 6.09. The highest BCUT2D eigenvalue weighted by Gasteiger charge is 2.38. The minimum Gasteiger partial charge on any atom is -0.352 e. The van der Waals surface area contributed by atoms with Crippen molar-refractivity contribution in [3.63, 3.8) is 0 Å². The van der Waals surface area contributed by atoms with Crippen LogP contribution in [0.25, 0.3) is 0 Å². The van der Waals surface area contributed by atoms with Crippen LogP contribution >= 0.6 is 24.8 Å². The maximum Gasteiger partial charge on any atom is 0.220 e. The van der Waals surface area contributed by atoms with Crippen molar-refractivity contribution in [3.8, 4) is 0 Å². The zero-order valence-corrected chi connectivity index (χ0v) is 15.7. The number of piperidine rings is 1. The van der Waals surface area contributed by atoms with Gasteiger partial charge in [-0.2, -0.15) is 0 Å². The van der Waals surface area contributed by atoms with Crippen molar-refractivity contribution in [1.29, 1.82) is 0 Å². The summed E-state index contributed by atoms with van der Waals surface area (Å²) in [6.07, 6.45) is 11.7. The Morgan fingerprint density at radius 2 is 1.78 bits per heavy atom. The number of nitrogens with one attached hydrogen (secondary N) is 1. The smallest absolute Gasteiger partial charge is 0.220 e. The average molecular weight is 366 g/mol. The molecule has 3 rings (SSSR count). The lowest BCUT2D eigenvalue weighted by Gasteiger charge is -2.37. The van der Waals surface area contributed by atoms with Gasteiger partial charge in [-0.3, -0.25) is 9.69 Å². The van der Waals surface area contributed by atoms with Crippen molar-refractivity contribution in [2.24, 2.45) is 11.1 Å². The summed E-state index contributed by atoms with van der Waals surface area (Å²) in [4.78, 5) is 15.1. The predicted molar refractivity (Wildman–Crippen MR) is 99.4 cm³/mol. The van der Waals surface area contributed by atoms with E-state index in [9.17, 15) is 4.79 Å². The van der Waals surface area contributed by atoms with E-state index >= 15 is 0 Å². The van der Waals surface area contributed by atoms with Crippen LogP contribution in [0, 0.1) is 5.41 Å². The first-order valence-electron chi connectivity index (χ1n) is 8.96. The van der Waals surface area contributed by atoms with Gasteiger partial charge in [-0.15, -0.1) is 24.8 Å². The third kappa shape index (κ3) is 4.97. The van der Waals surface area contributed by atoms with Gasteiger partial charge in [0.2, 0.25) is 5.91 Å². The maximum absolute atomic E-state index is 12.5. The van der Waals surface area contributed by atoms with Crippen LogP contribution < -0.4 is 11.1 Å². The quantitative estimate of drug-likeness (QED) is 0.804. The van der Waals surface area contributed by atoms with E-state index in [2.05, 4.69) is 10.2 Å². The second-order valence-electron chi connectivity index (χ2n) is 7.50. The van der Waals surface area contributed by atoms with Gasteiger partial charge in [0.15, 0.2) is 0 Å². The number of fused-ring (bicyclic) bond motifs is 1. The molecule has 23 heavy (non-hydrogen) atoms. The van der Waals surface area contributed by atoms with Crippen LogP contribution in [0.15, 0.2) is 0 Å². The second kappa shape index (κ2) is 9.45. The third-order valence-corrected chi connectivity index (χ3v) is 6.09. The molecule has 3 fully saturated rings. The van der Waals surface area contributed by atoms with Crippen molar-refractivity contribution in [1.82, 2.24) is 10.2 Å². The number of hydrogen-bond donors (Lipinski definition) is 2. The number of halogens is 2. The number of rotatable bonds is 4. The van der Waals surface area contributed by atoms with Crippen LogP contribution in [0.5, 0.6) is 0 Å². The summed E-state index contributed by atoms with van der Waals surface area (Å²) in [5, 5.41) is 3.35. The largest absolute Gasteiger partial charge is 0.352 e. The Kier molecular flexibility index (Phi) is 8.64. The summed E-state index contributed by atoms with van der Waals surface area (Å²) >= 11 is 0. The van der Waals surface area contributed by atoms with Crippen molar-refractivity contribution >= 4 is 30.7 Å². The lowest BCUT2D eigenvalue weighted by Crippen LogP contribution is -2.48. The Labute approximate surface area is 153 Å². The number of amides is 1. The minimum atomic E-state index is 0. The van der Waals surface area contributed by atoms with E-state index in [4.69, 9.17) is 5.73 Å². The van der Waals surface area contributed by atoms with Gasteiger partial charge < -0.3 is 11.1 Å². The molecule has 4 nitrogen and oxygen atoms in total. The van der Waals surface area contributed by atoms with Gasteiger partial charge >= 0.3 is 0 Å². The molecule has 1 amide bonds. The highest BCUT2D eigenvalue weighted by atomic mass is 35.5. The molecule has 136 valence electrons. The average Bonchev–Trinajstić information content (AvgIpc) is 2.91. The summed E-state index contributed by atoms with van der Waals surface area (Å²) in [5.41, 5.74) is 6.10. The molecule has 6 heteroatoms. The van der Waals surface area contributed by atoms with Crippen LogP contribution in [0.4, 0.5) is 0 Å². The number of carbonyl (C=O) groups excluding carboxylic acids is 1. The van der Waals surface area contributed by atoms with Crippen LogP contribution in [0.2, 0.25) is 0 Å². The molecule has 0 spiro atoms. The van der Waals surface area contributed by atoms with E-state index in [1.807, 2.05) is 0 Å². The van der Waals surface area contributed by atoms with E-state index in [0.29, 0.717) is 25.0 Å². The van der Waals surface area contributed by atoms with Crippen molar-refractivity contribution in [2.45, 2.75) is 76.3 Å². The fraction of sp³-hybridized carbons (Fsp3) is 0.941. The SMILES string of the molecule is Cl.Cl.NCC1(CC(=O)NC2CCN3CCCCC23)CCCCC1. The molecule has 0 bridgehead atoms. The van der Waals surface area contributed by atoms with E-state index < -0.39 is 0 Å². The fourth-order valence-corrected chi connectivity index (χ4v) is 4.77.